The third-order valence-corrected chi connectivity index (χ3v) is 4.47. The van der Waals surface area contributed by atoms with Gasteiger partial charge in [-0.25, -0.2) is 0 Å². The monoisotopic (exact) mass is 382 g/mol. The smallest absolute Gasteiger partial charge is 0.401 e. The van der Waals surface area contributed by atoms with Crippen molar-refractivity contribution in [3.05, 3.63) is 36.1 Å². The van der Waals surface area contributed by atoms with E-state index < -0.39 is 12.7 Å². The van der Waals surface area contributed by atoms with Crippen LogP contribution in [0.5, 0.6) is 0 Å². The van der Waals surface area contributed by atoms with E-state index in [1.54, 1.807) is 0 Å². The summed E-state index contributed by atoms with van der Waals surface area (Å²) < 4.78 is 43.3. The van der Waals surface area contributed by atoms with E-state index in [-0.39, 0.29) is 6.04 Å². The summed E-state index contributed by atoms with van der Waals surface area (Å²) in [4.78, 5) is 5.96. The van der Waals surface area contributed by atoms with Crippen molar-refractivity contribution in [3.63, 3.8) is 0 Å². The molecule has 1 unspecified atom stereocenters. The summed E-state index contributed by atoms with van der Waals surface area (Å²) in [6, 6.07) is 9.82. The Hall–Kier alpha value is -2.22. The lowest BCUT2D eigenvalue weighted by Gasteiger charge is -2.19. The van der Waals surface area contributed by atoms with Crippen LogP contribution >= 0.6 is 0 Å². The third kappa shape index (κ3) is 5.89. The summed E-state index contributed by atoms with van der Waals surface area (Å²) >= 11 is 0. The first-order chi connectivity index (χ1) is 12.9. The van der Waals surface area contributed by atoms with Gasteiger partial charge in [0.25, 0.3) is 0 Å². The molecule has 5 nitrogen and oxygen atoms in total. The molecule has 0 aliphatic carbocycles. The maximum Gasteiger partial charge on any atom is 0.401 e. The number of likely N-dealkylation sites (tertiary alicyclic amines) is 1. The van der Waals surface area contributed by atoms with E-state index in [1.165, 1.54) is 4.90 Å². The Kier molecular flexibility index (Phi) is 6.26. The van der Waals surface area contributed by atoms with Crippen LogP contribution in [-0.2, 0) is 6.42 Å². The molecule has 1 aromatic carbocycles. The molecule has 0 amide bonds. The Morgan fingerprint density at radius 3 is 2.89 bits per heavy atom. The number of nitrogens with one attached hydrogen (secondary N) is 2. The van der Waals surface area contributed by atoms with E-state index >= 15 is 0 Å². The molecule has 1 atom stereocenters. The van der Waals surface area contributed by atoms with Gasteiger partial charge in [0, 0.05) is 44.0 Å². The van der Waals surface area contributed by atoms with Crippen molar-refractivity contribution < 1.29 is 17.6 Å². The van der Waals surface area contributed by atoms with Gasteiger partial charge in [0.15, 0.2) is 5.96 Å². The number of alkyl halides is 3. The van der Waals surface area contributed by atoms with Crippen LogP contribution in [-0.4, -0.2) is 55.8 Å². The largest absolute Gasteiger partial charge is 0.461 e. The molecule has 1 aliphatic heterocycles. The summed E-state index contributed by atoms with van der Waals surface area (Å²) in [5.74, 6) is 1.50. The van der Waals surface area contributed by atoms with Gasteiger partial charge >= 0.3 is 6.18 Å². The highest BCUT2D eigenvalue weighted by molar-refractivity contribution is 5.80. The van der Waals surface area contributed by atoms with Crippen molar-refractivity contribution in [2.45, 2.75) is 32.0 Å². The zero-order chi connectivity index (χ0) is 19.3. The number of guanidine groups is 1. The quantitative estimate of drug-likeness (QED) is 0.595. The molecule has 0 bridgehead atoms. The van der Waals surface area contributed by atoms with E-state index in [4.69, 9.17) is 4.42 Å². The van der Waals surface area contributed by atoms with Crippen LogP contribution < -0.4 is 10.6 Å². The summed E-state index contributed by atoms with van der Waals surface area (Å²) in [5.41, 5.74) is 0.859. The van der Waals surface area contributed by atoms with Crippen molar-refractivity contribution in [1.82, 2.24) is 15.5 Å². The molecule has 1 fully saturated rings. The molecule has 2 N–H and O–H groups in total. The second kappa shape index (κ2) is 8.65. The zero-order valence-corrected chi connectivity index (χ0v) is 15.4. The fourth-order valence-corrected chi connectivity index (χ4v) is 3.30. The van der Waals surface area contributed by atoms with E-state index in [2.05, 4.69) is 15.6 Å². The predicted octanol–water partition coefficient (Wildman–Crippen LogP) is 3.17. The summed E-state index contributed by atoms with van der Waals surface area (Å²) in [6.07, 6.45) is -2.82. The lowest BCUT2D eigenvalue weighted by Crippen LogP contribution is -2.45. The molecule has 2 aromatic rings. The molecule has 0 saturated carbocycles. The molecule has 27 heavy (non-hydrogen) atoms. The topological polar surface area (TPSA) is 52.8 Å². The van der Waals surface area contributed by atoms with Crippen molar-refractivity contribution in [3.8, 4) is 0 Å². The van der Waals surface area contributed by atoms with Gasteiger partial charge in [0.05, 0.1) is 6.54 Å². The molecule has 0 spiro atoms. The fraction of sp³-hybridized carbons (Fsp3) is 0.526. The number of rotatable bonds is 6. The normalized spacial score (nSPS) is 19.0. The van der Waals surface area contributed by atoms with Gasteiger partial charge in [-0.15, -0.1) is 0 Å². The zero-order valence-electron chi connectivity index (χ0n) is 15.4. The second-order valence-corrected chi connectivity index (χ2v) is 6.74. The van der Waals surface area contributed by atoms with Crippen LogP contribution in [0.15, 0.2) is 39.7 Å². The van der Waals surface area contributed by atoms with Crippen LogP contribution in [0.4, 0.5) is 13.2 Å². The first-order valence-corrected chi connectivity index (χ1v) is 9.24. The van der Waals surface area contributed by atoms with Crippen LogP contribution in [0.1, 0.15) is 19.1 Å². The Morgan fingerprint density at radius 2 is 2.15 bits per heavy atom. The SMILES string of the molecule is CCNC(=NCCc1cc2ccccc2o1)NC1CCN(CC(F)(F)F)C1. The van der Waals surface area contributed by atoms with Gasteiger partial charge < -0.3 is 15.1 Å². The molecule has 1 saturated heterocycles. The molecule has 0 radical (unpaired) electrons. The standard InChI is InChI=1S/C19H25F3N4O/c1-2-23-18(25-15-8-10-26(12-15)13-19(20,21)22)24-9-7-16-11-14-5-3-4-6-17(14)27-16/h3-6,11,15H,2,7-10,12-13H2,1H3,(H2,23,24,25). The first-order valence-electron chi connectivity index (χ1n) is 9.24. The average Bonchev–Trinajstić information content (AvgIpc) is 3.19. The van der Waals surface area contributed by atoms with E-state index in [9.17, 15) is 13.2 Å². The van der Waals surface area contributed by atoms with Crippen LogP contribution in [0.2, 0.25) is 0 Å². The van der Waals surface area contributed by atoms with Gasteiger partial charge in [0.2, 0.25) is 0 Å². The number of benzene rings is 1. The van der Waals surface area contributed by atoms with Gasteiger partial charge in [-0.3, -0.25) is 9.89 Å². The highest BCUT2D eigenvalue weighted by Gasteiger charge is 2.34. The Morgan fingerprint density at radius 1 is 1.33 bits per heavy atom. The van der Waals surface area contributed by atoms with Crippen molar-refractivity contribution in [1.29, 1.82) is 0 Å². The average molecular weight is 382 g/mol. The Balaban J connectivity index is 1.52. The molecule has 8 heteroatoms. The predicted molar refractivity (Wildman–Crippen MR) is 99.9 cm³/mol. The van der Waals surface area contributed by atoms with Gasteiger partial charge in [-0.05, 0) is 25.5 Å². The van der Waals surface area contributed by atoms with E-state index in [0.717, 1.165) is 16.7 Å². The summed E-state index contributed by atoms with van der Waals surface area (Å²) in [6.45, 7) is 3.14. The van der Waals surface area contributed by atoms with E-state index in [1.807, 2.05) is 37.3 Å². The van der Waals surface area contributed by atoms with Crippen LogP contribution in [0, 0.1) is 0 Å². The number of nitrogens with zero attached hydrogens (tertiary/aromatic N) is 2. The maximum atomic E-state index is 12.5. The minimum absolute atomic E-state index is 0.0312. The molecule has 2 heterocycles. The second-order valence-electron chi connectivity index (χ2n) is 6.74. The number of furan rings is 1. The summed E-state index contributed by atoms with van der Waals surface area (Å²) in [5, 5.41) is 7.46. The Bertz CT molecular complexity index is 739. The number of hydrogen-bond donors (Lipinski definition) is 2. The molecule has 1 aliphatic rings. The number of hydrogen-bond acceptors (Lipinski definition) is 3. The minimum atomic E-state index is -4.15. The number of fused-ring (bicyclic) bond motifs is 1. The molecule has 3 rings (SSSR count). The van der Waals surface area contributed by atoms with Gasteiger partial charge in [-0.2, -0.15) is 13.2 Å². The fourth-order valence-electron chi connectivity index (χ4n) is 3.30. The molecular formula is C19H25F3N4O. The maximum absolute atomic E-state index is 12.5. The lowest BCUT2D eigenvalue weighted by molar-refractivity contribution is -0.143. The van der Waals surface area contributed by atoms with Crippen molar-refractivity contribution in [2.24, 2.45) is 4.99 Å². The number of halogens is 3. The Labute approximate surface area is 156 Å². The number of aliphatic imine (C=N–C) groups is 1. The van der Waals surface area contributed by atoms with Gasteiger partial charge in [-0.1, -0.05) is 18.2 Å². The van der Waals surface area contributed by atoms with Gasteiger partial charge in [0.1, 0.15) is 11.3 Å². The molecule has 1 aromatic heterocycles. The van der Waals surface area contributed by atoms with Crippen molar-refractivity contribution in [2.75, 3.05) is 32.7 Å². The minimum Gasteiger partial charge on any atom is -0.461 e. The molecular weight excluding hydrogens is 357 g/mol. The third-order valence-electron chi connectivity index (χ3n) is 4.47. The first kappa shape index (κ1) is 19.5. The molecule has 148 valence electrons. The van der Waals surface area contributed by atoms with Crippen LogP contribution in [0.25, 0.3) is 11.0 Å². The number of para-hydroxylation sites is 1. The highest BCUT2D eigenvalue weighted by atomic mass is 19.4. The van der Waals surface area contributed by atoms with Crippen LogP contribution in [0.3, 0.4) is 0 Å². The summed E-state index contributed by atoms with van der Waals surface area (Å²) in [7, 11) is 0. The lowest BCUT2D eigenvalue weighted by atomic mass is 10.2. The van der Waals surface area contributed by atoms with Crippen molar-refractivity contribution >= 4 is 16.9 Å². The van der Waals surface area contributed by atoms with E-state index in [0.29, 0.717) is 45.0 Å². The highest BCUT2D eigenvalue weighted by Crippen LogP contribution is 2.20.